The maximum atomic E-state index is 3.85. The molecule has 0 amide bonds. The van der Waals surface area contributed by atoms with E-state index in [2.05, 4.69) is 11.6 Å². The maximum Gasteiger partial charge on any atom is 0.0273 e. The molecule has 0 aliphatic heterocycles. The number of halogens is 3. The van der Waals surface area contributed by atoms with Crippen LogP contribution in [0.15, 0.2) is 31.1 Å². The van der Waals surface area contributed by atoms with Crippen LogP contribution >= 0.6 is 0 Å². The van der Waals surface area contributed by atoms with Gasteiger partial charge in [0.15, 0.2) is 0 Å². The summed E-state index contributed by atoms with van der Waals surface area (Å²) < 4.78 is 0. The lowest BCUT2D eigenvalue weighted by Crippen LogP contribution is -1.69. The first-order chi connectivity index (χ1) is 3.93. The largest absolute Gasteiger partial charge is 0.269 e. The smallest absolute Gasteiger partial charge is 0.0273 e. The molecule has 1 heterocycles. The summed E-state index contributed by atoms with van der Waals surface area (Å²) in [6.45, 7) is 3.60. The second kappa shape index (κ2) is 12.4. The molecule has 12 heavy (non-hydrogen) atoms. The van der Waals surface area contributed by atoms with Gasteiger partial charge in [0.2, 0.25) is 0 Å². The van der Waals surface area contributed by atoms with Crippen LogP contribution in [0.3, 0.4) is 0 Å². The van der Waals surface area contributed by atoms with Crippen LogP contribution in [0.5, 0.6) is 0 Å². The van der Waals surface area contributed by atoms with E-state index in [0.717, 1.165) is 5.56 Å². The molecule has 1 aromatic heterocycles. The summed E-state index contributed by atoms with van der Waals surface area (Å²) in [7, 11) is 0. The van der Waals surface area contributed by atoms with E-state index in [1.807, 2.05) is 12.1 Å². The van der Waals surface area contributed by atoms with Gasteiger partial charge in [-0.1, -0.05) is 12.7 Å². The van der Waals surface area contributed by atoms with E-state index in [0.29, 0.717) is 0 Å². The van der Waals surface area contributed by atoms with Crippen LogP contribution in [0.25, 0.3) is 6.08 Å². The van der Waals surface area contributed by atoms with Gasteiger partial charge in [-0.3, -0.25) is 19.1 Å². The van der Waals surface area contributed by atoms with Gasteiger partial charge < -0.3 is 0 Å². The fourth-order valence-electron chi connectivity index (χ4n) is 0.500. The molecule has 0 saturated carbocycles. The molecule has 1 rings (SSSR count). The molecule has 0 aliphatic carbocycles. The van der Waals surface area contributed by atoms with Crippen LogP contribution in [0.2, 0.25) is 0 Å². The molecular weight excluding hydrogens is 166 g/mol. The van der Waals surface area contributed by atoms with E-state index < -0.39 is 0 Å². The Balaban J connectivity index is -0.0000000800. The molecule has 0 saturated heterocycles. The Morgan fingerprint density at radius 3 is 1.75 bits per heavy atom. The van der Waals surface area contributed by atoms with Gasteiger partial charge >= 0.3 is 0 Å². The Hall–Kier alpha value is -1.26. The van der Waals surface area contributed by atoms with Crippen LogP contribution < -0.4 is 0 Å². The third-order valence-electron chi connectivity index (χ3n) is 0.942. The van der Waals surface area contributed by atoms with Gasteiger partial charge in [0.25, 0.3) is 0 Å². The fraction of sp³-hybridized carbons (Fsp3) is 0. The molecular formula is C7H10BF3N. The van der Waals surface area contributed by atoms with Crippen molar-refractivity contribution in [1.82, 2.24) is 4.98 Å². The monoisotopic (exact) mass is 176 g/mol. The first kappa shape index (κ1) is 22.4. The number of hydrogen-bond donors (Lipinski definition) is 0. The molecule has 3 radical (unpaired) electrons. The zero-order valence-corrected chi connectivity index (χ0v) is 6.34. The van der Waals surface area contributed by atoms with Gasteiger partial charge in [-0.25, -0.2) is 0 Å². The van der Waals surface area contributed by atoms with Gasteiger partial charge in [0.05, 0.1) is 0 Å². The molecule has 0 bridgehead atoms. The highest BCUT2D eigenvalue weighted by Crippen LogP contribution is 1.94. The number of hydrogen-bond acceptors (Lipinski definition) is 1. The minimum Gasteiger partial charge on any atom is -0.269 e. The van der Waals surface area contributed by atoms with Crippen molar-refractivity contribution in [3.8, 4) is 0 Å². The predicted molar refractivity (Wildman–Crippen MR) is 47.6 cm³/mol. The zero-order valence-electron chi connectivity index (χ0n) is 6.34. The molecule has 5 heteroatoms. The van der Waals surface area contributed by atoms with Crippen molar-refractivity contribution in [3.63, 3.8) is 0 Å². The Morgan fingerprint density at radius 2 is 1.50 bits per heavy atom. The molecule has 67 valence electrons. The molecule has 0 aliphatic rings. The van der Waals surface area contributed by atoms with Crippen LogP contribution in [-0.2, 0) is 0 Å². The number of nitrogens with zero attached hydrogens (tertiary/aromatic N) is 1. The van der Waals surface area contributed by atoms with Crippen molar-refractivity contribution in [2.24, 2.45) is 0 Å². The minimum atomic E-state index is 0. The van der Waals surface area contributed by atoms with Gasteiger partial charge in [0.1, 0.15) is 0 Å². The van der Waals surface area contributed by atoms with Gasteiger partial charge in [0, 0.05) is 20.8 Å². The molecule has 0 aromatic carbocycles. The van der Waals surface area contributed by atoms with Gasteiger partial charge in [-0.05, 0) is 17.7 Å². The molecule has 0 unspecified atom stereocenters. The van der Waals surface area contributed by atoms with Crippen molar-refractivity contribution in [1.29, 1.82) is 0 Å². The summed E-state index contributed by atoms with van der Waals surface area (Å²) in [6, 6.07) is 3.82. The standard InChI is InChI=1S/C7H7N.B.3FH/c1-2-7-3-5-8-6-4-7;;;;/h2-6H,1H2;;3*1H. The third kappa shape index (κ3) is 6.86. The molecule has 1 nitrogen and oxygen atoms in total. The Morgan fingerprint density at radius 1 is 1.08 bits per heavy atom. The highest BCUT2D eigenvalue weighted by Gasteiger charge is 1.76. The summed E-state index contributed by atoms with van der Waals surface area (Å²) in [5.41, 5.74) is 1.11. The number of aromatic nitrogens is 1. The van der Waals surface area contributed by atoms with E-state index >= 15 is 0 Å². The fourth-order valence-corrected chi connectivity index (χ4v) is 0.500. The average molecular weight is 176 g/mol. The van der Waals surface area contributed by atoms with E-state index in [4.69, 9.17) is 0 Å². The first-order valence-electron chi connectivity index (χ1n) is 2.46. The van der Waals surface area contributed by atoms with Gasteiger partial charge in [-0.2, -0.15) is 0 Å². The lowest BCUT2D eigenvalue weighted by molar-refractivity contribution is 1.11. The maximum absolute atomic E-state index is 3.85. The van der Waals surface area contributed by atoms with Crippen LogP contribution in [-0.4, -0.2) is 13.4 Å². The topological polar surface area (TPSA) is 12.9 Å². The lowest BCUT2D eigenvalue weighted by Gasteiger charge is -1.84. The SMILES string of the molecule is C=Cc1ccncc1.F.F.F.[B]. The third-order valence-corrected chi connectivity index (χ3v) is 0.942. The first-order valence-corrected chi connectivity index (χ1v) is 2.46. The highest BCUT2D eigenvalue weighted by molar-refractivity contribution is 5.75. The zero-order chi connectivity index (χ0) is 5.82. The van der Waals surface area contributed by atoms with Crippen molar-refractivity contribution >= 4 is 14.5 Å². The van der Waals surface area contributed by atoms with E-state index in [1.165, 1.54) is 0 Å². The second-order valence-corrected chi connectivity index (χ2v) is 1.48. The summed E-state index contributed by atoms with van der Waals surface area (Å²) >= 11 is 0. The van der Waals surface area contributed by atoms with Crippen molar-refractivity contribution < 1.29 is 14.1 Å². The normalized spacial score (nSPS) is 5.67. The molecule has 0 N–H and O–H groups in total. The molecule has 1 aromatic rings. The van der Waals surface area contributed by atoms with Crippen molar-refractivity contribution in [2.75, 3.05) is 0 Å². The number of rotatable bonds is 1. The van der Waals surface area contributed by atoms with E-state index in [-0.39, 0.29) is 22.5 Å². The van der Waals surface area contributed by atoms with E-state index in [1.54, 1.807) is 18.5 Å². The second-order valence-electron chi connectivity index (χ2n) is 1.48. The number of pyridine rings is 1. The lowest BCUT2D eigenvalue weighted by atomic mass is 10.3. The Labute approximate surface area is 71.2 Å². The summed E-state index contributed by atoms with van der Waals surface area (Å²) in [5, 5.41) is 0. The summed E-state index contributed by atoms with van der Waals surface area (Å²) in [4.78, 5) is 3.85. The predicted octanol–water partition coefficient (Wildman–Crippen LogP) is 1.80. The highest BCUT2D eigenvalue weighted by atomic mass is 19.0. The van der Waals surface area contributed by atoms with E-state index in [9.17, 15) is 0 Å². The van der Waals surface area contributed by atoms with Crippen molar-refractivity contribution in [3.05, 3.63) is 36.7 Å². The molecule has 0 fully saturated rings. The Bertz CT molecular complexity index is 181. The summed E-state index contributed by atoms with van der Waals surface area (Å²) in [5.74, 6) is 0. The Kier molecular flexibility index (Phi) is 23.2. The minimum absolute atomic E-state index is 0. The van der Waals surface area contributed by atoms with Crippen LogP contribution in [0.1, 0.15) is 5.56 Å². The van der Waals surface area contributed by atoms with Crippen molar-refractivity contribution in [2.45, 2.75) is 0 Å². The van der Waals surface area contributed by atoms with Crippen LogP contribution in [0, 0.1) is 0 Å². The summed E-state index contributed by atoms with van der Waals surface area (Å²) in [6.07, 6.45) is 5.29. The quantitative estimate of drug-likeness (QED) is 0.594. The van der Waals surface area contributed by atoms with Gasteiger partial charge in [-0.15, -0.1) is 0 Å². The molecule has 0 atom stereocenters. The average Bonchev–Trinajstić information content (AvgIpc) is 1.90. The molecule has 0 spiro atoms. The van der Waals surface area contributed by atoms with Crippen LogP contribution in [0.4, 0.5) is 14.1 Å².